The van der Waals surface area contributed by atoms with E-state index in [-0.39, 0.29) is 17.7 Å². The van der Waals surface area contributed by atoms with Gasteiger partial charge in [-0.25, -0.2) is 0 Å². The van der Waals surface area contributed by atoms with Crippen LogP contribution in [0.25, 0.3) is 0 Å². The van der Waals surface area contributed by atoms with E-state index < -0.39 is 6.04 Å². The highest BCUT2D eigenvalue weighted by molar-refractivity contribution is 6.33. The molecule has 2 amide bonds. The number of rotatable bonds is 7. The number of carbonyl (C=O) groups excluding carboxylic acids is 2. The molecule has 0 saturated heterocycles. The van der Waals surface area contributed by atoms with Gasteiger partial charge in [0.25, 0.3) is 5.91 Å². The molecule has 0 heterocycles. The molecule has 0 saturated carbocycles. The molecule has 138 valence electrons. The standard InChI is InChI=1S/C20H23ClN2O3/c1-4-13(2)18(23-19(24)14-8-6-5-7-9-14)20(25)22-17-11-10-15(26-3)12-16(17)21/h5-13,18H,4H2,1-3H3,(H,22,25)(H,23,24). The third kappa shape index (κ3) is 4.99. The highest BCUT2D eigenvalue weighted by Crippen LogP contribution is 2.27. The lowest BCUT2D eigenvalue weighted by Crippen LogP contribution is -2.47. The average Bonchev–Trinajstić information content (AvgIpc) is 2.67. The molecule has 2 rings (SSSR count). The van der Waals surface area contributed by atoms with Crippen molar-refractivity contribution in [3.8, 4) is 5.75 Å². The van der Waals surface area contributed by atoms with Crippen LogP contribution in [-0.2, 0) is 4.79 Å². The van der Waals surface area contributed by atoms with Gasteiger partial charge in [-0.2, -0.15) is 0 Å². The maximum atomic E-state index is 12.8. The van der Waals surface area contributed by atoms with Crippen molar-refractivity contribution in [2.24, 2.45) is 5.92 Å². The van der Waals surface area contributed by atoms with Gasteiger partial charge in [-0.15, -0.1) is 0 Å². The third-order valence-electron chi connectivity index (χ3n) is 4.25. The van der Waals surface area contributed by atoms with E-state index in [0.29, 0.717) is 22.0 Å². The topological polar surface area (TPSA) is 67.4 Å². The molecule has 0 aliphatic heterocycles. The molecule has 2 aromatic carbocycles. The Hall–Kier alpha value is -2.53. The first-order valence-electron chi connectivity index (χ1n) is 8.46. The molecule has 0 bridgehead atoms. The molecule has 2 unspecified atom stereocenters. The number of halogens is 1. The summed E-state index contributed by atoms with van der Waals surface area (Å²) in [5, 5.41) is 5.99. The zero-order chi connectivity index (χ0) is 19.1. The van der Waals surface area contributed by atoms with Gasteiger partial charge in [-0.1, -0.05) is 50.1 Å². The van der Waals surface area contributed by atoms with Gasteiger partial charge in [0.1, 0.15) is 11.8 Å². The van der Waals surface area contributed by atoms with Crippen LogP contribution in [0.4, 0.5) is 5.69 Å². The lowest BCUT2D eigenvalue weighted by Gasteiger charge is -2.24. The number of anilines is 1. The van der Waals surface area contributed by atoms with Crippen molar-refractivity contribution in [2.45, 2.75) is 26.3 Å². The molecule has 0 fully saturated rings. The Labute approximate surface area is 158 Å². The summed E-state index contributed by atoms with van der Waals surface area (Å²) in [6, 6.07) is 13.1. The summed E-state index contributed by atoms with van der Waals surface area (Å²) in [5.41, 5.74) is 0.982. The average molecular weight is 375 g/mol. The maximum Gasteiger partial charge on any atom is 0.251 e. The fourth-order valence-corrected chi connectivity index (χ4v) is 2.67. The fraction of sp³-hybridized carbons (Fsp3) is 0.300. The van der Waals surface area contributed by atoms with Crippen LogP contribution < -0.4 is 15.4 Å². The van der Waals surface area contributed by atoms with Gasteiger partial charge in [0.15, 0.2) is 0 Å². The van der Waals surface area contributed by atoms with Gasteiger partial charge < -0.3 is 15.4 Å². The first-order valence-corrected chi connectivity index (χ1v) is 8.84. The van der Waals surface area contributed by atoms with E-state index >= 15 is 0 Å². The second-order valence-corrected chi connectivity index (χ2v) is 6.44. The first-order chi connectivity index (χ1) is 12.5. The largest absolute Gasteiger partial charge is 0.497 e. The Kier molecular flexibility index (Phi) is 7.04. The first kappa shape index (κ1) is 19.8. The number of amides is 2. The van der Waals surface area contributed by atoms with Gasteiger partial charge in [0.05, 0.1) is 17.8 Å². The van der Waals surface area contributed by atoms with Crippen LogP contribution in [0.1, 0.15) is 30.6 Å². The number of methoxy groups -OCH3 is 1. The van der Waals surface area contributed by atoms with Crippen molar-refractivity contribution >= 4 is 29.1 Å². The van der Waals surface area contributed by atoms with Crippen LogP contribution in [0, 0.1) is 5.92 Å². The van der Waals surface area contributed by atoms with Crippen LogP contribution in [0.3, 0.4) is 0 Å². The molecule has 0 aromatic heterocycles. The summed E-state index contributed by atoms with van der Waals surface area (Å²) in [4.78, 5) is 25.2. The summed E-state index contributed by atoms with van der Waals surface area (Å²) < 4.78 is 5.11. The second kappa shape index (κ2) is 9.25. The quantitative estimate of drug-likeness (QED) is 0.765. The Morgan fingerprint density at radius 1 is 1.15 bits per heavy atom. The number of hydrogen-bond acceptors (Lipinski definition) is 3. The molecular weight excluding hydrogens is 352 g/mol. The maximum absolute atomic E-state index is 12.8. The molecule has 2 N–H and O–H groups in total. The lowest BCUT2D eigenvalue weighted by atomic mass is 9.97. The minimum atomic E-state index is -0.675. The number of hydrogen-bond donors (Lipinski definition) is 2. The highest BCUT2D eigenvalue weighted by atomic mass is 35.5. The summed E-state index contributed by atoms with van der Waals surface area (Å²) in [5.74, 6) is -0.0360. The highest BCUT2D eigenvalue weighted by Gasteiger charge is 2.26. The molecule has 2 atom stereocenters. The van der Waals surface area contributed by atoms with Crippen molar-refractivity contribution in [2.75, 3.05) is 12.4 Å². The van der Waals surface area contributed by atoms with E-state index in [9.17, 15) is 9.59 Å². The van der Waals surface area contributed by atoms with Crippen LogP contribution >= 0.6 is 11.6 Å². The van der Waals surface area contributed by atoms with Crippen LogP contribution in [-0.4, -0.2) is 25.0 Å². The number of ether oxygens (including phenoxy) is 1. The summed E-state index contributed by atoms with van der Waals surface area (Å²) in [6.45, 7) is 3.89. The normalized spacial score (nSPS) is 12.8. The Bertz CT molecular complexity index is 765. The second-order valence-electron chi connectivity index (χ2n) is 6.04. The van der Waals surface area contributed by atoms with Gasteiger partial charge in [-0.3, -0.25) is 9.59 Å². The minimum absolute atomic E-state index is 0.0420. The van der Waals surface area contributed by atoms with Crippen molar-refractivity contribution in [3.63, 3.8) is 0 Å². The van der Waals surface area contributed by atoms with Gasteiger partial charge in [0, 0.05) is 11.6 Å². The number of benzene rings is 2. The van der Waals surface area contributed by atoms with Gasteiger partial charge in [0.2, 0.25) is 5.91 Å². The smallest absolute Gasteiger partial charge is 0.251 e. The molecule has 0 spiro atoms. The molecular formula is C20H23ClN2O3. The zero-order valence-corrected chi connectivity index (χ0v) is 15.8. The SMILES string of the molecule is CCC(C)C(NC(=O)c1ccccc1)C(=O)Nc1ccc(OC)cc1Cl. The van der Waals surface area contributed by atoms with E-state index in [1.165, 1.54) is 0 Å². The molecule has 0 aliphatic carbocycles. The van der Waals surface area contributed by atoms with Gasteiger partial charge >= 0.3 is 0 Å². The summed E-state index contributed by atoms with van der Waals surface area (Å²) in [6.07, 6.45) is 0.740. The molecule has 0 radical (unpaired) electrons. The van der Waals surface area contributed by atoms with E-state index in [0.717, 1.165) is 6.42 Å². The molecule has 0 aliphatic rings. The fourth-order valence-electron chi connectivity index (χ4n) is 2.45. The van der Waals surface area contributed by atoms with Crippen LogP contribution in [0.15, 0.2) is 48.5 Å². The molecule has 2 aromatic rings. The lowest BCUT2D eigenvalue weighted by molar-refractivity contribution is -0.119. The van der Waals surface area contributed by atoms with E-state index in [1.807, 2.05) is 19.9 Å². The zero-order valence-electron chi connectivity index (χ0n) is 15.1. The van der Waals surface area contributed by atoms with Crippen LogP contribution in [0.5, 0.6) is 5.75 Å². The van der Waals surface area contributed by atoms with Gasteiger partial charge in [-0.05, 0) is 30.2 Å². The summed E-state index contributed by atoms with van der Waals surface area (Å²) >= 11 is 6.19. The Morgan fingerprint density at radius 2 is 1.85 bits per heavy atom. The predicted molar refractivity (Wildman–Crippen MR) is 104 cm³/mol. The van der Waals surface area contributed by atoms with Crippen molar-refractivity contribution in [3.05, 3.63) is 59.1 Å². The minimum Gasteiger partial charge on any atom is -0.497 e. The molecule has 26 heavy (non-hydrogen) atoms. The third-order valence-corrected chi connectivity index (χ3v) is 4.56. The Morgan fingerprint density at radius 3 is 2.42 bits per heavy atom. The van der Waals surface area contributed by atoms with E-state index in [1.54, 1.807) is 49.6 Å². The molecule has 6 heteroatoms. The van der Waals surface area contributed by atoms with Crippen molar-refractivity contribution < 1.29 is 14.3 Å². The van der Waals surface area contributed by atoms with Crippen molar-refractivity contribution in [1.82, 2.24) is 5.32 Å². The van der Waals surface area contributed by atoms with E-state index in [4.69, 9.17) is 16.3 Å². The van der Waals surface area contributed by atoms with Crippen LogP contribution in [0.2, 0.25) is 5.02 Å². The van der Waals surface area contributed by atoms with Crippen molar-refractivity contribution in [1.29, 1.82) is 0 Å². The summed E-state index contributed by atoms with van der Waals surface area (Å²) in [7, 11) is 1.54. The predicted octanol–water partition coefficient (Wildman–Crippen LogP) is 4.13. The number of carbonyl (C=O) groups is 2. The van der Waals surface area contributed by atoms with E-state index in [2.05, 4.69) is 10.6 Å². The monoisotopic (exact) mass is 374 g/mol. The molecule has 5 nitrogen and oxygen atoms in total. The Balaban J connectivity index is 2.15. The number of nitrogens with one attached hydrogen (secondary N) is 2.